The average molecular weight is 278 g/mol. The fourth-order valence-electron chi connectivity index (χ4n) is 1.55. The van der Waals surface area contributed by atoms with Gasteiger partial charge in [0.15, 0.2) is 4.34 Å². The number of hydrogen-bond donors (Lipinski definition) is 0. The van der Waals surface area contributed by atoms with Crippen molar-refractivity contribution >= 4 is 33.5 Å². The normalized spacial score (nSPS) is 12.2. The second-order valence-corrected chi connectivity index (χ2v) is 7.36. The molecule has 18 heavy (non-hydrogen) atoms. The maximum absolute atomic E-state index is 4.65. The monoisotopic (exact) mass is 278 g/mol. The molecule has 4 heteroatoms. The van der Waals surface area contributed by atoms with E-state index in [9.17, 15) is 0 Å². The molecule has 0 bridgehead atoms. The van der Waals surface area contributed by atoms with Gasteiger partial charge in [0.05, 0.1) is 10.2 Å². The van der Waals surface area contributed by atoms with Crippen molar-refractivity contribution < 1.29 is 0 Å². The standard InChI is InChI=1S/C14H18N2S2/c1-5-10-16(14(2,3)4)18-13-15-11-8-6-7-9-12(11)17-13/h5-9H,1,10H2,2-4H3. The van der Waals surface area contributed by atoms with Crippen LogP contribution in [0.2, 0.25) is 0 Å². The first-order chi connectivity index (χ1) is 8.50. The number of fused-ring (bicyclic) bond motifs is 1. The summed E-state index contributed by atoms with van der Waals surface area (Å²) in [6.07, 6.45) is 1.94. The van der Waals surface area contributed by atoms with E-state index in [-0.39, 0.29) is 5.54 Å². The molecule has 1 aromatic heterocycles. The van der Waals surface area contributed by atoms with Crippen LogP contribution in [0.25, 0.3) is 10.2 Å². The summed E-state index contributed by atoms with van der Waals surface area (Å²) in [5.41, 5.74) is 1.17. The Morgan fingerprint density at radius 3 is 2.72 bits per heavy atom. The minimum atomic E-state index is 0.0940. The zero-order chi connectivity index (χ0) is 13.2. The third-order valence-electron chi connectivity index (χ3n) is 2.51. The Bertz CT molecular complexity index is 507. The second-order valence-electron chi connectivity index (χ2n) is 5.06. The molecule has 0 saturated carbocycles. The summed E-state index contributed by atoms with van der Waals surface area (Å²) in [7, 11) is 0. The Balaban J connectivity index is 2.23. The maximum Gasteiger partial charge on any atom is 0.166 e. The van der Waals surface area contributed by atoms with E-state index in [4.69, 9.17) is 0 Å². The zero-order valence-corrected chi connectivity index (χ0v) is 12.6. The number of aromatic nitrogens is 1. The van der Waals surface area contributed by atoms with Crippen molar-refractivity contribution in [1.82, 2.24) is 9.29 Å². The number of rotatable bonds is 4. The van der Waals surface area contributed by atoms with E-state index < -0.39 is 0 Å². The molecule has 0 aliphatic heterocycles. The van der Waals surface area contributed by atoms with Gasteiger partial charge in [-0.1, -0.05) is 18.2 Å². The lowest BCUT2D eigenvalue weighted by atomic mass is 10.1. The smallest absolute Gasteiger partial charge is 0.166 e. The lowest BCUT2D eigenvalue weighted by Crippen LogP contribution is -2.35. The van der Waals surface area contributed by atoms with E-state index in [1.807, 2.05) is 12.1 Å². The molecule has 0 aliphatic rings. The quantitative estimate of drug-likeness (QED) is 0.601. The first-order valence-electron chi connectivity index (χ1n) is 5.93. The molecule has 0 N–H and O–H groups in total. The molecule has 1 aromatic carbocycles. The van der Waals surface area contributed by atoms with Crippen LogP contribution in [0.4, 0.5) is 0 Å². The van der Waals surface area contributed by atoms with E-state index in [1.165, 1.54) is 4.70 Å². The fraction of sp³-hybridized carbons (Fsp3) is 0.357. The summed E-state index contributed by atoms with van der Waals surface area (Å²) < 4.78 is 4.64. The van der Waals surface area contributed by atoms with Gasteiger partial charge >= 0.3 is 0 Å². The van der Waals surface area contributed by atoms with Crippen LogP contribution >= 0.6 is 23.3 Å². The van der Waals surface area contributed by atoms with Gasteiger partial charge < -0.3 is 0 Å². The first kappa shape index (κ1) is 13.6. The van der Waals surface area contributed by atoms with Crippen LogP contribution in [0.15, 0.2) is 41.3 Å². The van der Waals surface area contributed by atoms with E-state index in [0.29, 0.717) is 0 Å². The van der Waals surface area contributed by atoms with Crippen LogP contribution in [0.3, 0.4) is 0 Å². The highest BCUT2D eigenvalue weighted by molar-refractivity contribution is 7.99. The van der Waals surface area contributed by atoms with Crippen LogP contribution in [0.5, 0.6) is 0 Å². The number of thiazole rings is 1. The molecule has 2 aromatic rings. The van der Waals surface area contributed by atoms with E-state index in [0.717, 1.165) is 16.4 Å². The molecule has 2 rings (SSSR count). The van der Waals surface area contributed by atoms with Gasteiger partial charge in [-0.3, -0.25) is 0 Å². The molecule has 0 radical (unpaired) electrons. The molecule has 0 fully saturated rings. The molecule has 0 atom stereocenters. The summed E-state index contributed by atoms with van der Waals surface area (Å²) in [4.78, 5) is 4.65. The Kier molecular flexibility index (Phi) is 4.10. The summed E-state index contributed by atoms with van der Waals surface area (Å²) in [5, 5.41) is 0. The number of nitrogens with zero attached hydrogens (tertiary/aromatic N) is 2. The van der Waals surface area contributed by atoms with Crippen molar-refractivity contribution in [3.05, 3.63) is 36.9 Å². The molecule has 2 nitrogen and oxygen atoms in total. The first-order valence-corrected chi connectivity index (χ1v) is 7.52. The molecule has 96 valence electrons. The third-order valence-corrected chi connectivity index (χ3v) is 4.97. The Hall–Kier alpha value is -0.840. The highest BCUT2D eigenvalue weighted by atomic mass is 32.2. The van der Waals surface area contributed by atoms with Crippen molar-refractivity contribution in [3.8, 4) is 0 Å². The second kappa shape index (κ2) is 5.43. The highest BCUT2D eigenvalue weighted by Gasteiger charge is 2.22. The van der Waals surface area contributed by atoms with Gasteiger partial charge in [-0.2, -0.15) is 0 Å². The van der Waals surface area contributed by atoms with Crippen LogP contribution in [0.1, 0.15) is 20.8 Å². The molecule has 0 spiro atoms. The van der Waals surface area contributed by atoms with Gasteiger partial charge in [0.25, 0.3) is 0 Å². The van der Waals surface area contributed by atoms with Crippen LogP contribution < -0.4 is 0 Å². The molecular formula is C14H18N2S2. The summed E-state index contributed by atoms with van der Waals surface area (Å²) in [5.74, 6) is 0. The molecule has 0 unspecified atom stereocenters. The van der Waals surface area contributed by atoms with Crippen molar-refractivity contribution in [2.45, 2.75) is 30.6 Å². The number of benzene rings is 1. The van der Waals surface area contributed by atoms with Gasteiger partial charge in [-0.05, 0) is 44.9 Å². The van der Waals surface area contributed by atoms with Gasteiger partial charge in [-0.25, -0.2) is 9.29 Å². The SMILES string of the molecule is C=CCN(Sc1nc2ccccc2s1)C(C)(C)C. The van der Waals surface area contributed by atoms with Crippen molar-refractivity contribution in [2.75, 3.05) is 6.54 Å². The van der Waals surface area contributed by atoms with Crippen molar-refractivity contribution in [1.29, 1.82) is 0 Å². The lowest BCUT2D eigenvalue weighted by molar-refractivity contribution is 0.296. The third kappa shape index (κ3) is 3.13. The van der Waals surface area contributed by atoms with Crippen LogP contribution in [-0.2, 0) is 0 Å². The minimum Gasteiger partial charge on any atom is -0.235 e. The Morgan fingerprint density at radius 1 is 1.39 bits per heavy atom. The largest absolute Gasteiger partial charge is 0.235 e. The van der Waals surface area contributed by atoms with Crippen LogP contribution in [0, 0.1) is 0 Å². The predicted octanol–water partition coefficient (Wildman–Crippen LogP) is 4.59. The maximum atomic E-state index is 4.65. The summed E-state index contributed by atoms with van der Waals surface area (Å²) in [6.45, 7) is 11.3. The van der Waals surface area contributed by atoms with E-state index in [2.05, 4.69) is 54.8 Å². The molecule has 0 amide bonds. The lowest BCUT2D eigenvalue weighted by Gasteiger charge is -2.32. The molecular weight excluding hydrogens is 260 g/mol. The molecule has 0 aliphatic carbocycles. The van der Waals surface area contributed by atoms with Crippen molar-refractivity contribution in [2.24, 2.45) is 0 Å². The van der Waals surface area contributed by atoms with Crippen molar-refractivity contribution in [3.63, 3.8) is 0 Å². The van der Waals surface area contributed by atoms with E-state index in [1.54, 1.807) is 23.3 Å². The molecule has 0 saturated heterocycles. The number of hydrogen-bond acceptors (Lipinski definition) is 4. The fourth-order valence-corrected chi connectivity index (χ4v) is 3.72. The molecule has 1 heterocycles. The van der Waals surface area contributed by atoms with E-state index >= 15 is 0 Å². The summed E-state index contributed by atoms with van der Waals surface area (Å²) in [6, 6.07) is 8.26. The van der Waals surface area contributed by atoms with Gasteiger partial charge in [-0.15, -0.1) is 17.9 Å². The zero-order valence-electron chi connectivity index (χ0n) is 11.0. The highest BCUT2D eigenvalue weighted by Crippen LogP contribution is 2.34. The van der Waals surface area contributed by atoms with Gasteiger partial charge in [0.2, 0.25) is 0 Å². The topological polar surface area (TPSA) is 16.1 Å². The Morgan fingerprint density at radius 2 is 2.11 bits per heavy atom. The van der Waals surface area contributed by atoms with Crippen LogP contribution in [-0.4, -0.2) is 21.4 Å². The van der Waals surface area contributed by atoms with Gasteiger partial charge in [0.1, 0.15) is 0 Å². The minimum absolute atomic E-state index is 0.0940. The summed E-state index contributed by atoms with van der Waals surface area (Å²) >= 11 is 3.46. The number of para-hydroxylation sites is 1. The Labute approximate surface area is 117 Å². The average Bonchev–Trinajstić information content (AvgIpc) is 2.69. The van der Waals surface area contributed by atoms with Gasteiger partial charge in [0, 0.05) is 12.1 Å². The predicted molar refractivity (Wildman–Crippen MR) is 82.1 cm³/mol.